The van der Waals surface area contributed by atoms with Gasteiger partial charge in [-0.1, -0.05) is 0 Å². The molecule has 0 saturated carbocycles. The van der Waals surface area contributed by atoms with E-state index in [0.29, 0.717) is 12.5 Å². The van der Waals surface area contributed by atoms with Crippen molar-refractivity contribution in [3.63, 3.8) is 0 Å². The number of hydrogen-bond donors (Lipinski definition) is 2. The molecule has 0 spiro atoms. The minimum atomic E-state index is 0.405. The summed E-state index contributed by atoms with van der Waals surface area (Å²) in [5, 5.41) is 0. The first-order valence-electron chi connectivity index (χ1n) is 5.59. The van der Waals surface area contributed by atoms with E-state index in [2.05, 4.69) is 20.4 Å². The summed E-state index contributed by atoms with van der Waals surface area (Å²) in [6.07, 6.45) is 5.44. The van der Waals surface area contributed by atoms with E-state index in [1.807, 2.05) is 36.7 Å². The molecule has 2 aromatic heterocycles. The molecule has 0 radical (unpaired) electrons. The lowest BCUT2D eigenvalue weighted by atomic mass is 10.3. The zero-order valence-corrected chi connectivity index (χ0v) is 10.8. The smallest absolute Gasteiger partial charge is 0.239 e. The van der Waals surface area contributed by atoms with E-state index in [1.165, 1.54) is 0 Å². The molecule has 0 aliphatic heterocycles. The van der Waals surface area contributed by atoms with Gasteiger partial charge < -0.3 is 9.47 Å². The van der Waals surface area contributed by atoms with Crippen LogP contribution in [0, 0.1) is 6.92 Å². The van der Waals surface area contributed by atoms with Crippen molar-refractivity contribution < 1.29 is 0 Å². The van der Waals surface area contributed by atoms with Gasteiger partial charge in [0.2, 0.25) is 5.95 Å². The fourth-order valence-electron chi connectivity index (χ4n) is 1.72. The van der Waals surface area contributed by atoms with E-state index in [9.17, 15) is 0 Å². The lowest BCUT2D eigenvalue weighted by molar-refractivity contribution is 0.752. The van der Waals surface area contributed by atoms with E-state index in [0.717, 1.165) is 17.2 Å². The van der Waals surface area contributed by atoms with Gasteiger partial charge in [-0.15, -0.1) is 0 Å². The number of nitrogen functional groups attached to an aromatic ring is 1. The SMILES string of the molecule is Cc1cnc(NN)nc1N(C)Cc1nccn1C. The maximum Gasteiger partial charge on any atom is 0.239 e. The monoisotopic (exact) mass is 247 g/mol. The summed E-state index contributed by atoms with van der Waals surface area (Å²) in [4.78, 5) is 14.7. The van der Waals surface area contributed by atoms with Gasteiger partial charge in [-0.05, 0) is 6.92 Å². The number of aromatic nitrogens is 4. The molecule has 0 bridgehead atoms. The molecule has 0 aliphatic rings. The lowest BCUT2D eigenvalue weighted by Gasteiger charge is -2.20. The summed E-state index contributed by atoms with van der Waals surface area (Å²) >= 11 is 0. The lowest BCUT2D eigenvalue weighted by Crippen LogP contribution is -2.22. The molecule has 96 valence electrons. The predicted molar refractivity (Wildman–Crippen MR) is 69.9 cm³/mol. The molecule has 0 saturated heterocycles. The van der Waals surface area contributed by atoms with Gasteiger partial charge in [0.05, 0.1) is 6.54 Å². The van der Waals surface area contributed by atoms with Crippen LogP contribution in [0.4, 0.5) is 11.8 Å². The normalized spacial score (nSPS) is 10.4. The van der Waals surface area contributed by atoms with Crippen LogP contribution < -0.4 is 16.2 Å². The Kier molecular flexibility index (Phi) is 3.42. The molecule has 2 aromatic rings. The number of nitrogens with two attached hydrogens (primary N) is 1. The van der Waals surface area contributed by atoms with Gasteiger partial charge >= 0.3 is 0 Å². The minimum Gasteiger partial charge on any atom is -0.352 e. The number of anilines is 2. The summed E-state index contributed by atoms with van der Waals surface area (Å²) in [7, 11) is 3.93. The number of hydrazine groups is 1. The highest BCUT2D eigenvalue weighted by atomic mass is 15.3. The fraction of sp³-hybridized carbons (Fsp3) is 0.364. The molecular formula is C11H17N7. The first kappa shape index (κ1) is 12.3. The van der Waals surface area contributed by atoms with Crippen molar-refractivity contribution >= 4 is 11.8 Å². The maximum atomic E-state index is 5.32. The molecule has 0 unspecified atom stereocenters. The van der Waals surface area contributed by atoms with Crippen LogP contribution in [0.3, 0.4) is 0 Å². The molecule has 3 N–H and O–H groups in total. The number of hydrogen-bond acceptors (Lipinski definition) is 6. The average Bonchev–Trinajstić information content (AvgIpc) is 2.75. The third-order valence-corrected chi connectivity index (χ3v) is 2.74. The van der Waals surface area contributed by atoms with Crippen LogP contribution in [0.1, 0.15) is 11.4 Å². The van der Waals surface area contributed by atoms with E-state index in [1.54, 1.807) is 12.4 Å². The summed E-state index contributed by atoms with van der Waals surface area (Å²) < 4.78 is 1.98. The second kappa shape index (κ2) is 5.01. The zero-order chi connectivity index (χ0) is 13.1. The Morgan fingerprint density at radius 3 is 2.83 bits per heavy atom. The number of imidazole rings is 1. The average molecular weight is 247 g/mol. The van der Waals surface area contributed by atoms with Gasteiger partial charge in [-0.2, -0.15) is 4.98 Å². The molecule has 0 atom stereocenters. The van der Waals surface area contributed by atoms with Crippen molar-refractivity contribution in [2.75, 3.05) is 17.4 Å². The Morgan fingerprint density at radius 2 is 2.22 bits per heavy atom. The Bertz CT molecular complexity index is 534. The predicted octanol–water partition coefficient (Wildman–Crippen LogP) is 0.441. The second-order valence-electron chi connectivity index (χ2n) is 4.16. The van der Waals surface area contributed by atoms with Gasteiger partial charge in [0.1, 0.15) is 11.6 Å². The van der Waals surface area contributed by atoms with E-state index >= 15 is 0 Å². The molecule has 0 aromatic carbocycles. The van der Waals surface area contributed by atoms with Crippen molar-refractivity contribution in [3.8, 4) is 0 Å². The van der Waals surface area contributed by atoms with Crippen molar-refractivity contribution in [2.45, 2.75) is 13.5 Å². The van der Waals surface area contributed by atoms with E-state index in [-0.39, 0.29) is 0 Å². The summed E-state index contributed by atoms with van der Waals surface area (Å²) in [6, 6.07) is 0. The van der Waals surface area contributed by atoms with Crippen LogP contribution in [0.2, 0.25) is 0 Å². The third-order valence-electron chi connectivity index (χ3n) is 2.74. The molecule has 2 heterocycles. The highest BCUT2D eigenvalue weighted by Gasteiger charge is 2.11. The van der Waals surface area contributed by atoms with Gasteiger partial charge in [0, 0.05) is 38.2 Å². The molecule has 2 rings (SSSR count). The molecular weight excluding hydrogens is 230 g/mol. The largest absolute Gasteiger partial charge is 0.352 e. The number of rotatable bonds is 4. The number of nitrogens with zero attached hydrogens (tertiary/aromatic N) is 5. The molecule has 0 fully saturated rings. The summed E-state index contributed by atoms with van der Waals surface area (Å²) in [6.45, 7) is 2.63. The van der Waals surface area contributed by atoms with Gasteiger partial charge in [-0.25, -0.2) is 15.8 Å². The Morgan fingerprint density at radius 1 is 1.44 bits per heavy atom. The first-order chi connectivity index (χ1) is 8.61. The topological polar surface area (TPSA) is 84.9 Å². The molecule has 0 amide bonds. The summed E-state index contributed by atoms with van der Waals surface area (Å²) in [5.41, 5.74) is 3.44. The minimum absolute atomic E-state index is 0.405. The third kappa shape index (κ3) is 2.40. The van der Waals surface area contributed by atoms with Gasteiger partial charge in [-0.3, -0.25) is 5.43 Å². The maximum absolute atomic E-state index is 5.32. The quantitative estimate of drug-likeness (QED) is 0.602. The standard InChI is InChI=1S/C11H17N7/c1-8-6-14-11(16-12)15-10(8)18(3)7-9-13-4-5-17(9)2/h4-6H,7,12H2,1-3H3,(H,14,15,16). The summed E-state index contributed by atoms with van der Waals surface area (Å²) in [5.74, 6) is 7.53. The van der Waals surface area contributed by atoms with Crippen molar-refractivity contribution in [2.24, 2.45) is 12.9 Å². The zero-order valence-electron chi connectivity index (χ0n) is 10.8. The highest BCUT2D eigenvalue weighted by Crippen LogP contribution is 2.17. The van der Waals surface area contributed by atoms with Crippen LogP contribution >= 0.6 is 0 Å². The highest BCUT2D eigenvalue weighted by molar-refractivity contribution is 5.48. The van der Waals surface area contributed by atoms with Crippen LogP contribution in [0.5, 0.6) is 0 Å². The Labute approximate surface area is 106 Å². The van der Waals surface area contributed by atoms with Crippen LogP contribution in [-0.4, -0.2) is 26.6 Å². The van der Waals surface area contributed by atoms with E-state index < -0.39 is 0 Å². The van der Waals surface area contributed by atoms with Crippen LogP contribution in [-0.2, 0) is 13.6 Å². The molecule has 18 heavy (non-hydrogen) atoms. The number of aryl methyl sites for hydroxylation is 2. The fourth-order valence-corrected chi connectivity index (χ4v) is 1.72. The Balaban J connectivity index is 2.23. The van der Waals surface area contributed by atoms with Gasteiger partial charge in [0.15, 0.2) is 0 Å². The van der Waals surface area contributed by atoms with Crippen molar-refractivity contribution in [3.05, 3.63) is 30.0 Å². The second-order valence-corrected chi connectivity index (χ2v) is 4.16. The first-order valence-corrected chi connectivity index (χ1v) is 5.59. The van der Waals surface area contributed by atoms with Crippen molar-refractivity contribution in [1.82, 2.24) is 19.5 Å². The van der Waals surface area contributed by atoms with Crippen LogP contribution in [0.15, 0.2) is 18.6 Å². The number of nitrogens with one attached hydrogen (secondary N) is 1. The van der Waals surface area contributed by atoms with Crippen LogP contribution in [0.25, 0.3) is 0 Å². The molecule has 0 aliphatic carbocycles. The Hall–Kier alpha value is -2.15. The van der Waals surface area contributed by atoms with Crippen molar-refractivity contribution in [1.29, 1.82) is 0 Å². The van der Waals surface area contributed by atoms with Gasteiger partial charge in [0.25, 0.3) is 0 Å². The van der Waals surface area contributed by atoms with E-state index in [4.69, 9.17) is 5.84 Å². The molecule has 7 heteroatoms. The molecule has 7 nitrogen and oxygen atoms in total.